The average molecular weight is 462 g/mol. The number of thiazole rings is 1. The number of amides is 1. The molecule has 9 heteroatoms. The fourth-order valence-electron chi connectivity index (χ4n) is 4.05. The quantitative estimate of drug-likeness (QED) is 0.616. The van der Waals surface area contributed by atoms with Crippen molar-refractivity contribution >= 4 is 28.9 Å². The molecule has 6 nitrogen and oxygen atoms in total. The minimum absolute atomic E-state index is 0.173. The molecule has 2 heterocycles. The maximum atomic E-state index is 13.3. The molecule has 2 aliphatic rings. The van der Waals surface area contributed by atoms with E-state index in [0.717, 1.165) is 52.9 Å². The van der Waals surface area contributed by atoms with Gasteiger partial charge in [-0.2, -0.15) is 0 Å². The first-order valence-electron chi connectivity index (χ1n) is 11.1. The van der Waals surface area contributed by atoms with Gasteiger partial charge in [0.2, 0.25) is 5.92 Å². The summed E-state index contributed by atoms with van der Waals surface area (Å²) in [6.45, 7) is 5.88. The van der Waals surface area contributed by atoms with E-state index in [1.165, 1.54) is 11.3 Å². The van der Waals surface area contributed by atoms with Crippen LogP contribution in [-0.4, -0.2) is 41.9 Å². The van der Waals surface area contributed by atoms with Crippen LogP contribution in [-0.2, 0) is 6.42 Å². The molecule has 1 aliphatic heterocycles. The molecule has 1 fully saturated rings. The first kappa shape index (κ1) is 22.6. The molecule has 0 unspecified atom stereocenters. The number of aliphatic imine (C=N–C) groups is 1. The van der Waals surface area contributed by atoms with Gasteiger partial charge in [0.25, 0.3) is 5.91 Å². The third-order valence-electron chi connectivity index (χ3n) is 6.01. The molecule has 0 bridgehead atoms. The third kappa shape index (κ3) is 5.62. The van der Waals surface area contributed by atoms with Crippen molar-refractivity contribution in [1.29, 1.82) is 0 Å². The van der Waals surface area contributed by atoms with Crippen molar-refractivity contribution in [3.05, 3.63) is 44.9 Å². The lowest BCUT2D eigenvalue weighted by atomic mass is 9.92. The van der Waals surface area contributed by atoms with E-state index >= 15 is 0 Å². The lowest BCUT2D eigenvalue weighted by Crippen LogP contribution is -2.40. The molecule has 3 N–H and O–H groups in total. The molecule has 0 saturated heterocycles. The highest BCUT2D eigenvalue weighted by Gasteiger charge is 2.35. The van der Waals surface area contributed by atoms with Crippen LogP contribution in [0.5, 0.6) is 0 Å². The average Bonchev–Trinajstić information content (AvgIpc) is 3.23. The van der Waals surface area contributed by atoms with E-state index in [9.17, 15) is 13.6 Å². The molecule has 32 heavy (non-hydrogen) atoms. The van der Waals surface area contributed by atoms with Crippen LogP contribution < -0.4 is 16.0 Å². The summed E-state index contributed by atoms with van der Waals surface area (Å²) in [5, 5.41) is 12.1. The van der Waals surface area contributed by atoms with Crippen molar-refractivity contribution < 1.29 is 13.6 Å². The second-order valence-electron chi connectivity index (χ2n) is 8.64. The van der Waals surface area contributed by atoms with Gasteiger partial charge in [0.1, 0.15) is 5.69 Å². The van der Waals surface area contributed by atoms with Crippen molar-refractivity contribution in [2.24, 2.45) is 4.99 Å². The van der Waals surface area contributed by atoms with Gasteiger partial charge in [-0.25, -0.2) is 13.8 Å². The fraction of sp³-hybridized carbons (Fsp3) is 0.522. The summed E-state index contributed by atoms with van der Waals surface area (Å²) >= 11 is 1.45. The molecule has 0 spiro atoms. The van der Waals surface area contributed by atoms with E-state index in [1.54, 1.807) is 5.38 Å². The van der Waals surface area contributed by atoms with Gasteiger partial charge in [0, 0.05) is 49.5 Å². The maximum absolute atomic E-state index is 13.3. The predicted molar refractivity (Wildman–Crippen MR) is 124 cm³/mol. The molecular weight excluding hydrogens is 432 g/mol. The van der Waals surface area contributed by atoms with Gasteiger partial charge in [-0.15, -0.1) is 11.3 Å². The van der Waals surface area contributed by atoms with E-state index in [0.29, 0.717) is 25.0 Å². The van der Waals surface area contributed by atoms with Crippen LogP contribution in [0.15, 0.2) is 22.5 Å². The third-order valence-corrected chi connectivity index (χ3v) is 6.86. The number of aryl methyl sites for hydroxylation is 2. The van der Waals surface area contributed by atoms with Gasteiger partial charge in [-0.1, -0.05) is 6.07 Å². The zero-order valence-electron chi connectivity index (χ0n) is 18.4. The normalized spacial score (nSPS) is 18.6. The molecule has 172 valence electrons. The molecule has 1 aliphatic carbocycles. The van der Waals surface area contributed by atoms with Gasteiger partial charge < -0.3 is 16.0 Å². The number of nitrogens with zero attached hydrogens (tertiary/aromatic N) is 2. The van der Waals surface area contributed by atoms with Gasteiger partial charge >= 0.3 is 0 Å². The SMILES string of the molecule is Cc1cc(NC2=NCCCN2)c(C)cc1Cc1nc(C(=O)NC2CCC(F)(F)CC2)cs1. The van der Waals surface area contributed by atoms with Crippen LogP contribution in [0.1, 0.15) is 64.3 Å². The zero-order chi connectivity index (χ0) is 22.7. The number of hydrogen-bond donors (Lipinski definition) is 3. The van der Waals surface area contributed by atoms with E-state index < -0.39 is 5.92 Å². The summed E-state index contributed by atoms with van der Waals surface area (Å²) in [7, 11) is 0. The fourth-order valence-corrected chi connectivity index (χ4v) is 4.85. The number of halogens is 2. The lowest BCUT2D eigenvalue weighted by molar-refractivity contribution is -0.0399. The van der Waals surface area contributed by atoms with Crippen LogP contribution in [0.4, 0.5) is 14.5 Å². The number of nitrogens with one attached hydrogen (secondary N) is 3. The minimum Gasteiger partial charge on any atom is -0.356 e. The number of guanidine groups is 1. The zero-order valence-corrected chi connectivity index (χ0v) is 19.2. The maximum Gasteiger partial charge on any atom is 0.270 e. The molecule has 1 amide bonds. The number of benzene rings is 1. The summed E-state index contributed by atoms with van der Waals surface area (Å²) in [6, 6.07) is 4.05. The number of anilines is 1. The largest absolute Gasteiger partial charge is 0.356 e. The van der Waals surface area contributed by atoms with E-state index in [-0.39, 0.29) is 24.8 Å². The first-order valence-corrected chi connectivity index (χ1v) is 12.0. The van der Waals surface area contributed by atoms with Crippen LogP contribution in [0, 0.1) is 13.8 Å². The molecule has 1 aromatic carbocycles. The summed E-state index contributed by atoms with van der Waals surface area (Å²) in [5.74, 6) is -2.07. The number of alkyl halides is 2. The summed E-state index contributed by atoms with van der Waals surface area (Å²) in [5.41, 5.74) is 4.79. The highest BCUT2D eigenvalue weighted by Crippen LogP contribution is 2.33. The number of carbonyl (C=O) groups excluding carboxylic acids is 1. The van der Waals surface area contributed by atoms with Crippen molar-refractivity contribution in [1.82, 2.24) is 15.6 Å². The van der Waals surface area contributed by atoms with Crippen LogP contribution in [0.3, 0.4) is 0 Å². The Kier molecular flexibility index (Phi) is 6.74. The van der Waals surface area contributed by atoms with E-state index in [4.69, 9.17) is 0 Å². The summed E-state index contributed by atoms with van der Waals surface area (Å²) in [6.07, 6.45) is 1.94. The standard InChI is InChI=1S/C23H29F2N5OS/c1-14-11-18(30-22-26-8-3-9-27-22)15(2)10-16(14)12-20-29-19(13-32-20)21(31)28-17-4-6-23(24,25)7-5-17/h10-11,13,17H,3-9,12H2,1-2H3,(H,28,31)(H2,26,27,30). The molecule has 2 aromatic rings. The Balaban J connectivity index is 1.38. The Morgan fingerprint density at radius 1 is 1.25 bits per heavy atom. The summed E-state index contributed by atoms with van der Waals surface area (Å²) in [4.78, 5) is 21.5. The Hall–Kier alpha value is -2.55. The second-order valence-corrected chi connectivity index (χ2v) is 9.58. The summed E-state index contributed by atoms with van der Waals surface area (Å²) < 4.78 is 26.6. The first-order chi connectivity index (χ1) is 15.3. The molecule has 0 radical (unpaired) electrons. The number of carbonyl (C=O) groups is 1. The smallest absolute Gasteiger partial charge is 0.270 e. The number of rotatable bonds is 5. The Morgan fingerprint density at radius 3 is 2.75 bits per heavy atom. The molecule has 1 aromatic heterocycles. The second kappa shape index (κ2) is 9.52. The molecule has 1 saturated carbocycles. The van der Waals surface area contributed by atoms with Crippen molar-refractivity contribution in [3.63, 3.8) is 0 Å². The number of aromatic nitrogens is 1. The Labute approximate surface area is 190 Å². The molecular formula is C23H29F2N5OS. The minimum atomic E-state index is -2.60. The highest BCUT2D eigenvalue weighted by molar-refractivity contribution is 7.09. The lowest BCUT2D eigenvalue weighted by Gasteiger charge is -2.28. The van der Waals surface area contributed by atoms with Crippen molar-refractivity contribution in [2.45, 2.75) is 64.3 Å². The monoisotopic (exact) mass is 461 g/mol. The van der Waals surface area contributed by atoms with Crippen molar-refractivity contribution in [3.8, 4) is 0 Å². The number of hydrogen-bond acceptors (Lipinski definition) is 6. The highest BCUT2D eigenvalue weighted by atomic mass is 32.1. The van der Waals surface area contributed by atoms with Gasteiger partial charge in [-0.3, -0.25) is 9.79 Å². The van der Waals surface area contributed by atoms with Gasteiger partial charge in [0.15, 0.2) is 5.96 Å². The van der Waals surface area contributed by atoms with Crippen LogP contribution >= 0.6 is 11.3 Å². The topological polar surface area (TPSA) is 78.4 Å². The van der Waals surface area contributed by atoms with Gasteiger partial charge in [-0.05, 0) is 55.9 Å². The van der Waals surface area contributed by atoms with E-state index in [1.807, 2.05) is 0 Å². The molecule has 0 atom stereocenters. The van der Waals surface area contributed by atoms with Crippen LogP contribution in [0.25, 0.3) is 0 Å². The Morgan fingerprint density at radius 2 is 2.03 bits per heavy atom. The van der Waals surface area contributed by atoms with Crippen LogP contribution in [0.2, 0.25) is 0 Å². The predicted octanol–water partition coefficient (Wildman–Crippen LogP) is 4.42. The van der Waals surface area contributed by atoms with Gasteiger partial charge in [0.05, 0.1) is 5.01 Å². The Bertz CT molecular complexity index is 1010. The molecule has 4 rings (SSSR count). The van der Waals surface area contributed by atoms with Crippen molar-refractivity contribution in [2.75, 3.05) is 18.4 Å². The van der Waals surface area contributed by atoms with E-state index in [2.05, 4.69) is 51.9 Å².